The lowest BCUT2D eigenvalue weighted by molar-refractivity contribution is -0.149. The maximum Gasteiger partial charge on any atom is 0.115 e. The monoisotopic (exact) mass is 454 g/mol. The molecule has 2 aromatic rings. The van der Waals surface area contributed by atoms with Gasteiger partial charge in [-0.3, -0.25) is 9.58 Å². The van der Waals surface area contributed by atoms with E-state index < -0.39 is 11.8 Å². The summed E-state index contributed by atoms with van der Waals surface area (Å²) in [5, 5.41) is 27.3. The molecule has 4 aliphatic rings. The fourth-order valence-electron chi connectivity index (χ4n) is 7.04. The van der Waals surface area contributed by atoms with Crippen molar-refractivity contribution in [2.75, 3.05) is 32.7 Å². The summed E-state index contributed by atoms with van der Waals surface area (Å²) in [6.07, 6.45) is 7.15. The van der Waals surface area contributed by atoms with Gasteiger partial charge >= 0.3 is 0 Å². The van der Waals surface area contributed by atoms with Gasteiger partial charge in [0.15, 0.2) is 0 Å². The molecule has 2 saturated heterocycles. The van der Waals surface area contributed by atoms with E-state index in [1.54, 1.807) is 6.07 Å². The largest absolute Gasteiger partial charge is 0.508 e. The van der Waals surface area contributed by atoms with Crippen molar-refractivity contribution < 1.29 is 14.6 Å². The summed E-state index contributed by atoms with van der Waals surface area (Å²) in [7, 11) is 0. The number of halogens is 1. The van der Waals surface area contributed by atoms with Crippen molar-refractivity contribution >= 4 is 0 Å². The van der Waals surface area contributed by atoms with E-state index in [-0.39, 0.29) is 23.1 Å². The molecule has 3 heterocycles. The van der Waals surface area contributed by atoms with Crippen LogP contribution in [0.1, 0.15) is 42.4 Å². The van der Waals surface area contributed by atoms with Gasteiger partial charge in [-0.2, -0.15) is 5.10 Å². The molecule has 0 radical (unpaired) electrons. The van der Waals surface area contributed by atoms with E-state index >= 15 is 0 Å². The standard InChI is InChI=1S/C26H35FN4O2/c1-18-15-28-31(16-18)11-10-29-7-4-25-5-9-30(17-20-12-23(20)27)24(26(25,33)6-8-29)13-19-2-3-21(32)14-22(19)25/h2-3,14-16,20,23-24,32-33H,4-13,17H2,1H3/t20-,23-,24?,25?,26?/m0/s1. The fourth-order valence-corrected chi connectivity index (χ4v) is 7.04. The maximum atomic E-state index is 13.8. The molecule has 3 unspecified atom stereocenters. The number of likely N-dealkylation sites (tertiary alicyclic amines) is 2. The molecule has 2 aliphatic carbocycles. The zero-order valence-corrected chi connectivity index (χ0v) is 19.5. The van der Waals surface area contributed by atoms with E-state index in [9.17, 15) is 14.6 Å². The average Bonchev–Trinajstić information content (AvgIpc) is 3.37. The van der Waals surface area contributed by atoms with E-state index in [1.165, 1.54) is 11.1 Å². The summed E-state index contributed by atoms with van der Waals surface area (Å²) < 4.78 is 15.8. The van der Waals surface area contributed by atoms with Gasteiger partial charge < -0.3 is 15.1 Å². The summed E-state index contributed by atoms with van der Waals surface area (Å²) in [6.45, 7) is 7.19. The Bertz CT molecular complexity index is 1040. The molecular formula is C26H35FN4O2. The Morgan fingerprint density at radius 1 is 1.15 bits per heavy atom. The molecule has 33 heavy (non-hydrogen) atoms. The third kappa shape index (κ3) is 3.51. The normalized spacial score (nSPS) is 36.2. The Hall–Kier alpha value is -1.96. The quantitative estimate of drug-likeness (QED) is 0.727. The van der Waals surface area contributed by atoms with Gasteiger partial charge in [-0.25, -0.2) is 4.39 Å². The van der Waals surface area contributed by atoms with Crippen LogP contribution in [0.25, 0.3) is 0 Å². The zero-order chi connectivity index (χ0) is 22.8. The topological polar surface area (TPSA) is 64.8 Å². The van der Waals surface area contributed by atoms with Gasteiger partial charge in [-0.1, -0.05) is 6.07 Å². The van der Waals surface area contributed by atoms with E-state index in [0.29, 0.717) is 12.8 Å². The van der Waals surface area contributed by atoms with Crippen molar-refractivity contribution in [3.8, 4) is 5.75 Å². The number of hydrogen-bond donors (Lipinski definition) is 2. The number of phenolic OH excluding ortho intramolecular Hbond substituents is 1. The third-order valence-corrected chi connectivity index (χ3v) is 9.05. The van der Waals surface area contributed by atoms with Gasteiger partial charge in [0.25, 0.3) is 0 Å². The summed E-state index contributed by atoms with van der Waals surface area (Å²) in [4.78, 5) is 4.85. The Kier molecular flexibility index (Phi) is 5.09. The zero-order valence-electron chi connectivity index (χ0n) is 19.5. The van der Waals surface area contributed by atoms with E-state index in [2.05, 4.69) is 28.0 Å². The van der Waals surface area contributed by atoms with E-state index in [4.69, 9.17) is 0 Å². The highest BCUT2D eigenvalue weighted by atomic mass is 19.1. The Balaban J connectivity index is 1.30. The van der Waals surface area contributed by atoms with Crippen LogP contribution in [-0.2, 0) is 18.4 Å². The third-order valence-electron chi connectivity index (χ3n) is 9.05. The lowest BCUT2D eigenvalue weighted by Crippen LogP contribution is -2.71. The predicted octanol–water partition coefficient (Wildman–Crippen LogP) is 2.65. The molecule has 3 fully saturated rings. The molecule has 0 amide bonds. The Labute approximate surface area is 195 Å². The Morgan fingerprint density at radius 3 is 2.70 bits per heavy atom. The highest BCUT2D eigenvalue weighted by molar-refractivity contribution is 5.48. The molecule has 6 nitrogen and oxygen atoms in total. The number of phenols is 1. The van der Waals surface area contributed by atoms with Crippen LogP contribution >= 0.6 is 0 Å². The number of aromatic nitrogens is 2. The minimum Gasteiger partial charge on any atom is -0.508 e. The second-order valence-electron chi connectivity index (χ2n) is 10.9. The molecule has 6 rings (SSSR count). The predicted molar refractivity (Wildman–Crippen MR) is 124 cm³/mol. The molecule has 178 valence electrons. The van der Waals surface area contributed by atoms with Crippen LogP contribution in [0, 0.1) is 12.8 Å². The number of fused-ring (bicyclic) bond motifs is 1. The first-order valence-electron chi connectivity index (χ1n) is 12.5. The maximum absolute atomic E-state index is 13.8. The van der Waals surface area contributed by atoms with Crippen LogP contribution in [0.4, 0.5) is 4.39 Å². The number of aliphatic hydroxyl groups is 1. The summed E-state index contributed by atoms with van der Waals surface area (Å²) in [6, 6.07) is 5.73. The van der Waals surface area contributed by atoms with Crippen LogP contribution in [0.3, 0.4) is 0 Å². The van der Waals surface area contributed by atoms with Gasteiger partial charge in [0, 0.05) is 43.2 Å². The summed E-state index contributed by atoms with van der Waals surface area (Å²) in [5.41, 5.74) is 2.31. The van der Waals surface area contributed by atoms with Gasteiger partial charge in [-0.15, -0.1) is 0 Å². The minimum absolute atomic E-state index is 0.00445. The second kappa shape index (κ2) is 7.79. The SMILES string of the molecule is Cc1cnn(CCN2CCC34CCN(C[C@@H]5C[C@@H]5F)C(Cc5ccc(O)cc53)C4(O)CC2)c1. The molecule has 2 bridgehead atoms. The lowest BCUT2D eigenvalue weighted by atomic mass is 9.52. The first-order chi connectivity index (χ1) is 15.9. The fraction of sp³-hybridized carbons (Fsp3) is 0.654. The van der Waals surface area contributed by atoms with E-state index in [0.717, 1.165) is 64.1 Å². The number of piperidine rings is 1. The molecule has 5 atom stereocenters. The number of nitrogens with zero attached hydrogens (tertiary/aromatic N) is 4. The number of alkyl halides is 1. The van der Waals surface area contributed by atoms with Crippen LogP contribution in [0.15, 0.2) is 30.6 Å². The smallest absolute Gasteiger partial charge is 0.115 e. The van der Waals surface area contributed by atoms with Crippen LogP contribution in [0.2, 0.25) is 0 Å². The number of aromatic hydroxyl groups is 1. The average molecular weight is 455 g/mol. The van der Waals surface area contributed by atoms with Crippen molar-refractivity contribution in [1.82, 2.24) is 19.6 Å². The highest BCUT2D eigenvalue weighted by Crippen LogP contribution is 2.56. The van der Waals surface area contributed by atoms with Crippen LogP contribution in [0.5, 0.6) is 5.75 Å². The number of aryl methyl sites for hydroxylation is 1. The minimum atomic E-state index is -0.871. The summed E-state index contributed by atoms with van der Waals surface area (Å²) >= 11 is 0. The second-order valence-corrected chi connectivity index (χ2v) is 10.9. The molecule has 2 aliphatic heterocycles. The highest BCUT2D eigenvalue weighted by Gasteiger charge is 2.63. The van der Waals surface area contributed by atoms with Crippen LogP contribution < -0.4 is 0 Å². The van der Waals surface area contributed by atoms with Crippen molar-refractivity contribution in [1.29, 1.82) is 0 Å². The first-order valence-corrected chi connectivity index (χ1v) is 12.5. The van der Waals surface area contributed by atoms with Crippen LogP contribution in [-0.4, -0.2) is 80.3 Å². The van der Waals surface area contributed by atoms with Crippen molar-refractivity contribution in [2.45, 2.75) is 68.8 Å². The van der Waals surface area contributed by atoms with E-state index in [1.807, 2.05) is 23.0 Å². The van der Waals surface area contributed by atoms with Crippen molar-refractivity contribution in [2.24, 2.45) is 5.92 Å². The molecular weight excluding hydrogens is 419 g/mol. The first kappa shape index (κ1) is 21.6. The van der Waals surface area contributed by atoms with Crippen molar-refractivity contribution in [3.63, 3.8) is 0 Å². The number of hydrogen-bond acceptors (Lipinski definition) is 5. The van der Waals surface area contributed by atoms with Crippen molar-refractivity contribution in [3.05, 3.63) is 47.3 Å². The molecule has 7 heteroatoms. The number of benzene rings is 1. The molecule has 1 saturated carbocycles. The van der Waals surface area contributed by atoms with Gasteiger partial charge in [0.1, 0.15) is 11.9 Å². The molecule has 0 spiro atoms. The van der Waals surface area contributed by atoms with Gasteiger partial charge in [0.2, 0.25) is 0 Å². The molecule has 2 N–H and O–H groups in total. The summed E-state index contributed by atoms with van der Waals surface area (Å²) in [5.74, 6) is 0.405. The van der Waals surface area contributed by atoms with Gasteiger partial charge in [-0.05, 0) is 80.9 Å². The number of rotatable bonds is 5. The lowest BCUT2D eigenvalue weighted by Gasteiger charge is -2.61. The Morgan fingerprint density at radius 2 is 1.94 bits per heavy atom. The molecule has 1 aromatic heterocycles. The van der Waals surface area contributed by atoms with Gasteiger partial charge in [0.05, 0.1) is 18.3 Å². The molecule has 1 aromatic carbocycles.